The molecule has 1 atom stereocenters. The first-order chi connectivity index (χ1) is 12.9. The highest BCUT2D eigenvalue weighted by Gasteiger charge is 2.37. The summed E-state index contributed by atoms with van der Waals surface area (Å²) in [7, 11) is 0. The van der Waals surface area contributed by atoms with E-state index in [9.17, 15) is 14.4 Å². The van der Waals surface area contributed by atoms with Crippen molar-refractivity contribution in [2.24, 2.45) is 11.1 Å². The van der Waals surface area contributed by atoms with Gasteiger partial charge in [-0.15, -0.1) is 0 Å². The highest BCUT2D eigenvalue weighted by atomic mass is 16.2. The van der Waals surface area contributed by atoms with Crippen LogP contribution < -0.4 is 17.0 Å². The largest absolute Gasteiger partial charge is 0.338 e. The number of carbonyl (C=O) groups excluding carboxylic acids is 1. The van der Waals surface area contributed by atoms with Gasteiger partial charge in [0.25, 0.3) is 11.5 Å². The van der Waals surface area contributed by atoms with Gasteiger partial charge in [-0.2, -0.15) is 0 Å². The summed E-state index contributed by atoms with van der Waals surface area (Å²) in [5.41, 5.74) is 6.15. The van der Waals surface area contributed by atoms with Crippen molar-refractivity contribution in [1.82, 2.24) is 19.4 Å². The Morgan fingerprint density at radius 2 is 2.15 bits per heavy atom. The van der Waals surface area contributed by atoms with Crippen LogP contribution in [0, 0.1) is 5.41 Å². The van der Waals surface area contributed by atoms with Gasteiger partial charge < -0.3 is 10.6 Å². The molecule has 1 aliphatic heterocycles. The van der Waals surface area contributed by atoms with Gasteiger partial charge in [-0.3, -0.25) is 19.1 Å². The SMILES string of the molecule is CCn1c(=O)[nH]c(=O)c2c(C(=O)N3CCC(C)(CN)C3)cc(C3CC3)nc21. The molecule has 2 fully saturated rings. The average Bonchev–Trinajstić information content (AvgIpc) is 3.42. The summed E-state index contributed by atoms with van der Waals surface area (Å²) in [6, 6.07) is 1.75. The summed E-state index contributed by atoms with van der Waals surface area (Å²) in [5.74, 6) is 0.113. The number of rotatable bonds is 4. The van der Waals surface area contributed by atoms with Gasteiger partial charge in [-0.25, -0.2) is 9.78 Å². The van der Waals surface area contributed by atoms with Crippen LogP contribution in [0.1, 0.15) is 55.1 Å². The first-order valence-electron chi connectivity index (χ1n) is 9.54. The average molecular weight is 371 g/mol. The number of carbonyl (C=O) groups is 1. The zero-order valence-corrected chi connectivity index (χ0v) is 15.7. The fraction of sp³-hybridized carbons (Fsp3) is 0.579. The number of hydrogen-bond acceptors (Lipinski definition) is 5. The van der Waals surface area contributed by atoms with E-state index in [0.29, 0.717) is 43.3 Å². The third-order valence-corrected chi connectivity index (χ3v) is 5.85. The van der Waals surface area contributed by atoms with Crippen molar-refractivity contribution >= 4 is 16.9 Å². The molecule has 3 heterocycles. The number of nitrogens with one attached hydrogen (secondary N) is 1. The Labute approximate surface area is 156 Å². The number of fused-ring (bicyclic) bond motifs is 1. The van der Waals surface area contributed by atoms with Crippen LogP contribution in [-0.2, 0) is 6.54 Å². The van der Waals surface area contributed by atoms with Crippen molar-refractivity contribution in [3.8, 4) is 0 Å². The molecule has 2 aromatic heterocycles. The van der Waals surface area contributed by atoms with Gasteiger partial charge in [0.1, 0.15) is 0 Å². The number of pyridine rings is 1. The van der Waals surface area contributed by atoms with Crippen LogP contribution in [0.2, 0.25) is 0 Å². The van der Waals surface area contributed by atoms with Crippen LogP contribution in [0.15, 0.2) is 15.7 Å². The zero-order chi connectivity index (χ0) is 19.3. The zero-order valence-electron chi connectivity index (χ0n) is 15.7. The minimum atomic E-state index is -0.557. The Bertz CT molecular complexity index is 1040. The van der Waals surface area contributed by atoms with E-state index in [-0.39, 0.29) is 16.7 Å². The van der Waals surface area contributed by atoms with Crippen molar-refractivity contribution < 1.29 is 4.79 Å². The Hall–Kier alpha value is -2.48. The third-order valence-electron chi connectivity index (χ3n) is 5.85. The molecular formula is C19H25N5O3. The molecule has 0 aromatic carbocycles. The normalized spacial score (nSPS) is 22.6. The number of amides is 1. The standard InChI is InChI=1S/C19H25N5O3/c1-3-24-15-14(16(25)22-18(24)27)12(8-13(21-15)11-4-5-11)17(26)23-7-6-19(2,9-20)10-23/h8,11H,3-7,9-10,20H2,1-2H3,(H,22,25,27). The number of aromatic amines is 1. The number of likely N-dealkylation sites (tertiary alicyclic amines) is 1. The van der Waals surface area contributed by atoms with E-state index >= 15 is 0 Å². The lowest BCUT2D eigenvalue weighted by atomic mass is 9.90. The lowest BCUT2D eigenvalue weighted by molar-refractivity contribution is 0.0778. The van der Waals surface area contributed by atoms with Crippen LogP contribution in [0.3, 0.4) is 0 Å². The summed E-state index contributed by atoms with van der Waals surface area (Å²) < 4.78 is 1.42. The maximum atomic E-state index is 13.3. The van der Waals surface area contributed by atoms with Crippen molar-refractivity contribution in [3.63, 3.8) is 0 Å². The molecular weight excluding hydrogens is 346 g/mol. The monoisotopic (exact) mass is 371 g/mol. The summed E-state index contributed by atoms with van der Waals surface area (Å²) in [6.07, 6.45) is 2.87. The number of hydrogen-bond donors (Lipinski definition) is 2. The Kier molecular flexibility index (Phi) is 4.18. The smallest absolute Gasteiger partial charge is 0.329 e. The van der Waals surface area contributed by atoms with Crippen molar-refractivity contribution in [2.45, 2.75) is 45.6 Å². The fourth-order valence-electron chi connectivity index (χ4n) is 3.88. The molecule has 8 heteroatoms. The first kappa shape index (κ1) is 17.9. The predicted molar refractivity (Wildman–Crippen MR) is 102 cm³/mol. The van der Waals surface area contributed by atoms with Crippen LogP contribution in [-0.4, -0.2) is 45.0 Å². The molecule has 8 nitrogen and oxygen atoms in total. The van der Waals surface area contributed by atoms with Crippen LogP contribution >= 0.6 is 0 Å². The molecule has 0 radical (unpaired) electrons. The molecule has 2 aromatic rings. The van der Waals surface area contributed by atoms with E-state index in [4.69, 9.17) is 5.73 Å². The van der Waals surface area contributed by atoms with Gasteiger partial charge in [-0.05, 0) is 44.2 Å². The highest BCUT2D eigenvalue weighted by Crippen LogP contribution is 2.40. The van der Waals surface area contributed by atoms with Gasteiger partial charge in [0.05, 0.1) is 10.9 Å². The first-order valence-corrected chi connectivity index (χ1v) is 9.54. The van der Waals surface area contributed by atoms with E-state index in [1.807, 2.05) is 6.92 Å². The van der Waals surface area contributed by atoms with E-state index in [0.717, 1.165) is 25.0 Å². The van der Waals surface area contributed by atoms with Gasteiger partial charge in [0.2, 0.25) is 0 Å². The summed E-state index contributed by atoms with van der Waals surface area (Å²) in [4.78, 5) is 46.8. The van der Waals surface area contributed by atoms with E-state index < -0.39 is 11.2 Å². The van der Waals surface area contributed by atoms with Crippen LogP contribution in [0.25, 0.3) is 11.0 Å². The molecule has 2 aliphatic rings. The Balaban J connectivity index is 1.90. The summed E-state index contributed by atoms with van der Waals surface area (Å²) in [6.45, 7) is 5.95. The lowest BCUT2D eigenvalue weighted by Crippen LogP contribution is -2.36. The molecule has 1 saturated heterocycles. The van der Waals surface area contributed by atoms with E-state index in [1.165, 1.54) is 4.57 Å². The summed E-state index contributed by atoms with van der Waals surface area (Å²) in [5, 5.41) is 0.201. The predicted octanol–water partition coefficient (Wildman–Crippen LogP) is 0.793. The maximum absolute atomic E-state index is 13.3. The third kappa shape index (κ3) is 2.97. The molecule has 0 spiro atoms. The molecule has 1 unspecified atom stereocenters. The number of aryl methyl sites for hydroxylation is 1. The van der Waals surface area contributed by atoms with Crippen molar-refractivity contribution in [2.75, 3.05) is 19.6 Å². The topological polar surface area (TPSA) is 114 Å². The molecule has 27 heavy (non-hydrogen) atoms. The molecule has 1 amide bonds. The molecule has 144 valence electrons. The van der Waals surface area contributed by atoms with Gasteiger partial charge in [0.15, 0.2) is 5.65 Å². The molecule has 4 rings (SSSR count). The van der Waals surface area contributed by atoms with Gasteiger partial charge >= 0.3 is 5.69 Å². The van der Waals surface area contributed by atoms with Crippen molar-refractivity contribution in [3.05, 3.63) is 38.2 Å². The van der Waals surface area contributed by atoms with Crippen molar-refractivity contribution in [1.29, 1.82) is 0 Å². The second-order valence-corrected chi connectivity index (χ2v) is 8.06. The molecule has 0 bridgehead atoms. The molecule has 1 saturated carbocycles. The highest BCUT2D eigenvalue weighted by molar-refractivity contribution is 6.05. The number of H-pyrrole nitrogens is 1. The maximum Gasteiger partial charge on any atom is 0.329 e. The summed E-state index contributed by atoms with van der Waals surface area (Å²) >= 11 is 0. The van der Waals surface area contributed by atoms with Gasteiger partial charge in [0, 0.05) is 31.2 Å². The molecule has 1 aliphatic carbocycles. The second-order valence-electron chi connectivity index (χ2n) is 8.06. The quantitative estimate of drug-likeness (QED) is 0.825. The van der Waals surface area contributed by atoms with E-state index in [1.54, 1.807) is 11.0 Å². The fourth-order valence-corrected chi connectivity index (χ4v) is 3.88. The second kappa shape index (κ2) is 6.30. The van der Waals surface area contributed by atoms with E-state index in [2.05, 4.69) is 16.9 Å². The Morgan fingerprint density at radius 3 is 2.74 bits per heavy atom. The van der Waals surface area contributed by atoms with Crippen LogP contribution in [0.4, 0.5) is 0 Å². The lowest BCUT2D eigenvalue weighted by Gasteiger charge is -2.23. The number of nitrogens with zero attached hydrogens (tertiary/aromatic N) is 3. The minimum absolute atomic E-state index is 0.101. The number of aromatic nitrogens is 3. The van der Waals surface area contributed by atoms with Gasteiger partial charge in [-0.1, -0.05) is 6.92 Å². The Morgan fingerprint density at radius 1 is 1.41 bits per heavy atom. The minimum Gasteiger partial charge on any atom is -0.338 e. The molecule has 3 N–H and O–H groups in total. The van der Waals surface area contributed by atoms with Crippen LogP contribution in [0.5, 0.6) is 0 Å². The number of nitrogens with two attached hydrogens (primary N) is 1.